The predicted molar refractivity (Wildman–Crippen MR) is 108 cm³/mol. The number of fused-ring (bicyclic) bond motifs is 2. The van der Waals surface area contributed by atoms with Crippen LogP contribution in [0.25, 0.3) is 10.9 Å². The molecular formula is C21H20ClFN4O. The predicted octanol–water partition coefficient (Wildman–Crippen LogP) is 5.17. The lowest BCUT2D eigenvalue weighted by Gasteiger charge is -2.15. The number of rotatable bonds is 5. The minimum Gasteiger partial charge on any atom is -0.490 e. The molecule has 0 saturated heterocycles. The second-order valence-corrected chi connectivity index (χ2v) is 7.99. The molecule has 2 unspecified atom stereocenters. The topological polar surface area (TPSA) is 73.1 Å². The molecule has 28 heavy (non-hydrogen) atoms. The van der Waals surface area contributed by atoms with Crippen molar-refractivity contribution in [1.29, 1.82) is 0 Å². The van der Waals surface area contributed by atoms with Crippen LogP contribution in [0.2, 0.25) is 5.02 Å². The highest BCUT2D eigenvalue weighted by molar-refractivity contribution is 6.31. The number of benzene rings is 2. The van der Waals surface area contributed by atoms with Gasteiger partial charge in [-0.2, -0.15) is 0 Å². The molecule has 0 bridgehead atoms. The molecule has 2 aromatic carbocycles. The van der Waals surface area contributed by atoms with Crippen LogP contribution in [-0.2, 0) is 0 Å². The van der Waals surface area contributed by atoms with Crippen molar-refractivity contribution >= 4 is 39.7 Å². The first kappa shape index (κ1) is 17.5. The van der Waals surface area contributed by atoms with Crippen molar-refractivity contribution in [2.75, 3.05) is 17.7 Å². The van der Waals surface area contributed by atoms with Crippen LogP contribution in [0, 0.1) is 23.6 Å². The van der Waals surface area contributed by atoms with E-state index in [0.717, 1.165) is 17.4 Å². The molecule has 1 heterocycles. The largest absolute Gasteiger partial charge is 0.490 e. The van der Waals surface area contributed by atoms with E-state index in [4.69, 9.17) is 22.1 Å². The Morgan fingerprint density at radius 2 is 2.00 bits per heavy atom. The van der Waals surface area contributed by atoms with Gasteiger partial charge in [0.2, 0.25) is 0 Å². The van der Waals surface area contributed by atoms with E-state index in [2.05, 4.69) is 15.3 Å². The molecule has 0 amide bonds. The Labute approximate surface area is 167 Å². The molecule has 5 rings (SSSR count). The zero-order chi connectivity index (χ0) is 19.3. The van der Waals surface area contributed by atoms with Gasteiger partial charge in [0.15, 0.2) is 5.75 Å². The van der Waals surface area contributed by atoms with E-state index in [9.17, 15) is 4.39 Å². The van der Waals surface area contributed by atoms with Crippen LogP contribution in [0.4, 0.5) is 21.6 Å². The van der Waals surface area contributed by atoms with E-state index in [1.807, 2.05) is 6.07 Å². The maximum Gasteiger partial charge on any atom is 0.155 e. The van der Waals surface area contributed by atoms with Gasteiger partial charge in [0.1, 0.15) is 18.0 Å². The third kappa shape index (κ3) is 3.02. The average Bonchev–Trinajstić information content (AvgIpc) is 3.11. The van der Waals surface area contributed by atoms with E-state index >= 15 is 0 Å². The maximum atomic E-state index is 13.5. The highest BCUT2D eigenvalue weighted by atomic mass is 35.5. The smallest absolute Gasteiger partial charge is 0.155 e. The number of ether oxygens (including phenoxy) is 1. The van der Waals surface area contributed by atoms with Crippen LogP contribution in [-0.4, -0.2) is 16.6 Å². The minimum absolute atomic E-state index is 0.0413. The Kier molecular flexibility index (Phi) is 4.23. The second kappa shape index (κ2) is 6.78. The number of hydrogen-bond acceptors (Lipinski definition) is 5. The fourth-order valence-corrected chi connectivity index (χ4v) is 4.68. The first-order valence-corrected chi connectivity index (χ1v) is 9.87. The summed E-state index contributed by atoms with van der Waals surface area (Å²) in [5.41, 5.74) is 8.14. The van der Waals surface area contributed by atoms with E-state index in [1.165, 1.54) is 37.7 Å². The monoisotopic (exact) mass is 398 g/mol. The van der Waals surface area contributed by atoms with Crippen LogP contribution in [0.1, 0.15) is 19.3 Å². The molecule has 2 atom stereocenters. The van der Waals surface area contributed by atoms with Crippen LogP contribution >= 0.6 is 11.6 Å². The summed E-state index contributed by atoms with van der Waals surface area (Å²) in [5, 5.41) is 3.95. The quantitative estimate of drug-likeness (QED) is 0.580. The summed E-state index contributed by atoms with van der Waals surface area (Å²) < 4.78 is 19.7. The molecule has 144 valence electrons. The molecule has 2 saturated carbocycles. The maximum absolute atomic E-state index is 13.5. The van der Waals surface area contributed by atoms with Crippen molar-refractivity contribution < 1.29 is 9.13 Å². The molecule has 0 aliphatic heterocycles. The van der Waals surface area contributed by atoms with E-state index in [1.54, 1.807) is 12.1 Å². The summed E-state index contributed by atoms with van der Waals surface area (Å²) in [5.74, 6) is 2.92. The molecule has 1 aromatic heterocycles. The number of aromatic nitrogens is 2. The number of hydrogen-bond donors (Lipinski definition) is 2. The van der Waals surface area contributed by atoms with Gasteiger partial charge in [-0.1, -0.05) is 18.0 Å². The molecule has 0 radical (unpaired) electrons. The van der Waals surface area contributed by atoms with Crippen molar-refractivity contribution in [3.8, 4) is 5.75 Å². The average molecular weight is 399 g/mol. The Hall–Kier alpha value is -2.60. The first-order valence-electron chi connectivity index (χ1n) is 9.50. The standard InChI is InChI=1S/C21H20ClFN4O/c22-15-8-11(4-5-16(15)23)27-21-19-18(25-10-26-21)7-6-17(24)20(19)28-9-14-12-2-1-3-13(12)14/h4-8,10,12-14H,1-3,9,24H2,(H,25,26,27). The highest BCUT2D eigenvalue weighted by Gasteiger charge is 2.52. The summed E-state index contributed by atoms with van der Waals surface area (Å²) in [6.45, 7) is 0.662. The summed E-state index contributed by atoms with van der Waals surface area (Å²) in [7, 11) is 0. The zero-order valence-electron chi connectivity index (χ0n) is 15.2. The fraction of sp³-hybridized carbons (Fsp3) is 0.333. The molecule has 2 aliphatic rings. The molecule has 5 nitrogen and oxygen atoms in total. The van der Waals surface area contributed by atoms with Crippen molar-refractivity contribution in [1.82, 2.24) is 9.97 Å². The zero-order valence-corrected chi connectivity index (χ0v) is 15.9. The van der Waals surface area contributed by atoms with Crippen molar-refractivity contribution in [2.24, 2.45) is 17.8 Å². The van der Waals surface area contributed by atoms with Crippen LogP contribution in [0.5, 0.6) is 5.75 Å². The number of nitrogen functional groups attached to an aromatic ring is 1. The second-order valence-electron chi connectivity index (χ2n) is 7.59. The third-order valence-corrected chi connectivity index (χ3v) is 6.26. The van der Waals surface area contributed by atoms with Gasteiger partial charge in [0.25, 0.3) is 0 Å². The number of nitrogens with one attached hydrogen (secondary N) is 1. The molecular weight excluding hydrogens is 379 g/mol. The van der Waals surface area contributed by atoms with Gasteiger partial charge < -0.3 is 15.8 Å². The molecule has 2 aliphatic carbocycles. The van der Waals surface area contributed by atoms with Gasteiger partial charge in [-0.15, -0.1) is 0 Å². The number of nitrogens with two attached hydrogens (primary N) is 1. The fourth-order valence-electron chi connectivity index (χ4n) is 4.50. The van der Waals surface area contributed by atoms with E-state index in [0.29, 0.717) is 40.9 Å². The van der Waals surface area contributed by atoms with Crippen LogP contribution < -0.4 is 15.8 Å². The van der Waals surface area contributed by atoms with Gasteiger partial charge in [0, 0.05) is 5.69 Å². The number of nitrogens with zero attached hydrogens (tertiary/aromatic N) is 2. The minimum atomic E-state index is -0.469. The van der Waals surface area contributed by atoms with Gasteiger partial charge in [-0.05, 0) is 60.9 Å². The van der Waals surface area contributed by atoms with Crippen LogP contribution in [0.3, 0.4) is 0 Å². The summed E-state index contributed by atoms with van der Waals surface area (Å²) >= 11 is 5.90. The van der Waals surface area contributed by atoms with Crippen molar-refractivity contribution in [3.63, 3.8) is 0 Å². The molecule has 3 aromatic rings. The Morgan fingerprint density at radius 3 is 2.79 bits per heavy atom. The Bertz CT molecular complexity index is 1050. The van der Waals surface area contributed by atoms with Gasteiger partial charge in [0.05, 0.1) is 28.2 Å². The lowest BCUT2D eigenvalue weighted by atomic mass is 10.1. The first-order chi connectivity index (χ1) is 13.6. The molecule has 7 heteroatoms. The normalized spacial score (nSPS) is 22.9. The van der Waals surface area contributed by atoms with Crippen molar-refractivity contribution in [2.45, 2.75) is 19.3 Å². The van der Waals surface area contributed by atoms with Gasteiger partial charge in [-0.3, -0.25) is 0 Å². The van der Waals surface area contributed by atoms with Crippen molar-refractivity contribution in [3.05, 3.63) is 47.5 Å². The number of halogens is 2. The van der Waals surface area contributed by atoms with Gasteiger partial charge >= 0.3 is 0 Å². The highest BCUT2D eigenvalue weighted by Crippen LogP contribution is 2.57. The van der Waals surface area contributed by atoms with Gasteiger partial charge in [-0.25, -0.2) is 14.4 Å². The summed E-state index contributed by atoms with van der Waals surface area (Å²) in [4.78, 5) is 8.71. The summed E-state index contributed by atoms with van der Waals surface area (Å²) in [6.07, 6.45) is 5.43. The Morgan fingerprint density at radius 1 is 1.18 bits per heavy atom. The number of anilines is 3. The van der Waals surface area contributed by atoms with E-state index in [-0.39, 0.29) is 5.02 Å². The summed E-state index contributed by atoms with van der Waals surface area (Å²) in [6, 6.07) is 8.08. The SMILES string of the molecule is Nc1ccc2ncnc(Nc3ccc(F)c(Cl)c3)c2c1OCC1C2CCCC21. The Balaban J connectivity index is 1.48. The molecule has 2 fully saturated rings. The third-order valence-electron chi connectivity index (χ3n) is 5.97. The lowest BCUT2D eigenvalue weighted by molar-refractivity contribution is 0.283. The van der Waals surface area contributed by atoms with Crippen LogP contribution in [0.15, 0.2) is 36.7 Å². The molecule has 0 spiro atoms. The lowest BCUT2D eigenvalue weighted by Crippen LogP contribution is -2.07. The van der Waals surface area contributed by atoms with E-state index < -0.39 is 5.82 Å². The molecule has 3 N–H and O–H groups in total.